The molecule has 1 atom stereocenters. The van der Waals surface area contributed by atoms with Crippen molar-refractivity contribution >= 4 is 37.4 Å². The number of rotatable bonds is 4. The van der Waals surface area contributed by atoms with Gasteiger partial charge < -0.3 is 5.11 Å². The first-order valence-corrected chi connectivity index (χ1v) is 10.8. The Labute approximate surface area is 176 Å². The van der Waals surface area contributed by atoms with Crippen LogP contribution in [0.2, 0.25) is 0 Å². The SMILES string of the molecule is CCC(c1ccc(-c2ccc(Br)cc2)cc1)c1c(O)sc2ccccc2c1=O. The molecule has 1 unspecified atom stereocenters. The van der Waals surface area contributed by atoms with Crippen molar-refractivity contribution in [3.63, 3.8) is 0 Å². The van der Waals surface area contributed by atoms with Crippen LogP contribution in [0.1, 0.15) is 30.4 Å². The molecule has 1 heterocycles. The lowest BCUT2D eigenvalue weighted by Gasteiger charge is -2.17. The van der Waals surface area contributed by atoms with Crippen LogP contribution in [-0.2, 0) is 0 Å². The van der Waals surface area contributed by atoms with E-state index in [9.17, 15) is 9.90 Å². The molecule has 4 heteroatoms. The number of hydrogen-bond acceptors (Lipinski definition) is 3. The molecule has 4 aromatic rings. The average molecular weight is 451 g/mol. The molecular weight excluding hydrogens is 432 g/mol. The molecule has 3 aromatic carbocycles. The lowest BCUT2D eigenvalue weighted by atomic mass is 9.88. The minimum atomic E-state index is -0.132. The smallest absolute Gasteiger partial charge is 0.195 e. The fourth-order valence-electron chi connectivity index (χ4n) is 3.61. The van der Waals surface area contributed by atoms with Crippen molar-refractivity contribution in [2.75, 3.05) is 0 Å². The van der Waals surface area contributed by atoms with Crippen molar-refractivity contribution in [2.45, 2.75) is 19.3 Å². The molecule has 2 nitrogen and oxygen atoms in total. The molecule has 28 heavy (non-hydrogen) atoms. The Kier molecular flexibility index (Phi) is 5.33. The van der Waals surface area contributed by atoms with Gasteiger partial charge in [-0.25, -0.2) is 0 Å². The molecule has 140 valence electrons. The molecule has 0 bridgehead atoms. The van der Waals surface area contributed by atoms with Crippen molar-refractivity contribution < 1.29 is 5.11 Å². The molecule has 0 radical (unpaired) electrons. The van der Waals surface area contributed by atoms with E-state index >= 15 is 0 Å². The number of benzene rings is 3. The third-order valence-corrected chi connectivity index (χ3v) is 6.58. The lowest BCUT2D eigenvalue weighted by molar-refractivity contribution is 0.478. The largest absolute Gasteiger partial charge is 0.499 e. The van der Waals surface area contributed by atoms with Gasteiger partial charge in [-0.05, 0) is 47.4 Å². The topological polar surface area (TPSA) is 37.3 Å². The van der Waals surface area contributed by atoms with Crippen LogP contribution < -0.4 is 5.43 Å². The monoisotopic (exact) mass is 450 g/mol. The quantitative estimate of drug-likeness (QED) is 0.365. The van der Waals surface area contributed by atoms with Crippen molar-refractivity contribution in [3.05, 3.63) is 98.6 Å². The van der Waals surface area contributed by atoms with Gasteiger partial charge in [0.2, 0.25) is 0 Å². The second-order valence-electron chi connectivity index (χ2n) is 6.74. The van der Waals surface area contributed by atoms with Gasteiger partial charge in [-0.15, -0.1) is 0 Å². The Morgan fingerprint density at radius 1 is 0.929 bits per heavy atom. The summed E-state index contributed by atoms with van der Waals surface area (Å²) in [7, 11) is 0. The van der Waals surface area contributed by atoms with Gasteiger partial charge in [0.05, 0.1) is 5.56 Å². The van der Waals surface area contributed by atoms with Crippen molar-refractivity contribution in [1.82, 2.24) is 0 Å². The van der Waals surface area contributed by atoms with E-state index in [1.807, 2.05) is 43.3 Å². The summed E-state index contributed by atoms with van der Waals surface area (Å²) in [4.78, 5) is 13.1. The number of halogens is 1. The molecule has 4 rings (SSSR count). The van der Waals surface area contributed by atoms with Gasteiger partial charge in [0, 0.05) is 20.5 Å². The minimum Gasteiger partial charge on any atom is -0.499 e. The highest BCUT2D eigenvalue weighted by molar-refractivity contribution is 9.10. The van der Waals surface area contributed by atoms with Crippen LogP contribution in [0.5, 0.6) is 5.06 Å². The van der Waals surface area contributed by atoms with Crippen LogP contribution in [-0.4, -0.2) is 5.11 Å². The van der Waals surface area contributed by atoms with Gasteiger partial charge in [0.15, 0.2) is 10.5 Å². The summed E-state index contributed by atoms with van der Waals surface area (Å²) in [5, 5.41) is 11.4. The van der Waals surface area contributed by atoms with E-state index in [0.29, 0.717) is 10.9 Å². The molecule has 0 aliphatic heterocycles. The van der Waals surface area contributed by atoms with E-state index in [0.717, 1.165) is 32.3 Å². The van der Waals surface area contributed by atoms with Crippen molar-refractivity contribution in [3.8, 4) is 16.2 Å². The molecule has 1 N–H and O–H groups in total. The summed E-state index contributed by atoms with van der Waals surface area (Å²) in [6, 6.07) is 23.9. The van der Waals surface area contributed by atoms with E-state index in [2.05, 4.69) is 52.3 Å². The van der Waals surface area contributed by atoms with Crippen LogP contribution in [0.3, 0.4) is 0 Å². The Morgan fingerprint density at radius 2 is 1.54 bits per heavy atom. The molecule has 0 fully saturated rings. The van der Waals surface area contributed by atoms with Crippen LogP contribution >= 0.6 is 27.3 Å². The third kappa shape index (κ3) is 3.50. The molecule has 0 spiro atoms. The average Bonchev–Trinajstić information content (AvgIpc) is 2.72. The minimum absolute atomic E-state index is 0.0734. The van der Waals surface area contributed by atoms with Crippen LogP contribution in [0.4, 0.5) is 0 Å². The first-order valence-electron chi connectivity index (χ1n) is 9.19. The lowest BCUT2D eigenvalue weighted by Crippen LogP contribution is -2.14. The van der Waals surface area contributed by atoms with Crippen LogP contribution in [0.15, 0.2) is 82.1 Å². The molecule has 0 amide bonds. The summed E-state index contributed by atoms with van der Waals surface area (Å²) in [5.41, 5.74) is 3.73. The Bertz CT molecular complexity index is 1180. The molecule has 0 saturated heterocycles. The van der Waals surface area contributed by atoms with E-state index in [4.69, 9.17) is 0 Å². The zero-order valence-electron chi connectivity index (χ0n) is 15.4. The van der Waals surface area contributed by atoms with E-state index in [-0.39, 0.29) is 16.4 Å². The van der Waals surface area contributed by atoms with Gasteiger partial charge in [0.25, 0.3) is 0 Å². The van der Waals surface area contributed by atoms with Crippen molar-refractivity contribution in [1.29, 1.82) is 0 Å². The first kappa shape index (κ1) is 18.9. The van der Waals surface area contributed by atoms with Crippen molar-refractivity contribution in [2.24, 2.45) is 0 Å². The Balaban J connectivity index is 1.76. The van der Waals surface area contributed by atoms with Crippen LogP contribution in [0, 0.1) is 0 Å². The molecule has 0 aliphatic rings. The maximum Gasteiger partial charge on any atom is 0.195 e. The van der Waals surface area contributed by atoms with Gasteiger partial charge >= 0.3 is 0 Å². The summed E-state index contributed by atoms with van der Waals surface area (Å²) in [6.07, 6.45) is 0.742. The maximum atomic E-state index is 13.1. The Morgan fingerprint density at radius 3 is 2.18 bits per heavy atom. The van der Waals surface area contributed by atoms with Gasteiger partial charge in [-0.1, -0.05) is 82.7 Å². The highest BCUT2D eigenvalue weighted by Gasteiger charge is 2.22. The number of hydrogen-bond donors (Lipinski definition) is 1. The molecule has 0 saturated carbocycles. The van der Waals surface area contributed by atoms with Gasteiger partial charge in [-0.3, -0.25) is 4.79 Å². The van der Waals surface area contributed by atoms with Gasteiger partial charge in [0.1, 0.15) is 0 Å². The predicted molar refractivity (Wildman–Crippen MR) is 121 cm³/mol. The molecule has 0 aliphatic carbocycles. The molecular formula is C24H19BrO2S. The Hall–Kier alpha value is -2.43. The second-order valence-corrected chi connectivity index (χ2v) is 8.68. The summed E-state index contributed by atoms with van der Waals surface area (Å²) >= 11 is 4.74. The van der Waals surface area contributed by atoms with Gasteiger partial charge in [-0.2, -0.15) is 0 Å². The maximum absolute atomic E-state index is 13.1. The fraction of sp³-hybridized carbons (Fsp3) is 0.125. The zero-order valence-corrected chi connectivity index (χ0v) is 17.8. The standard InChI is InChI=1S/C24H19BrO2S/c1-2-19(22-23(26)20-5-3-4-6-21(20)28-24(22)27)17-9-7-15(8-10-17)16-11-13-18(25)14-12-16/h3-14,19,27H,2H2,1H3. The first-order chi connectivity index (χ1) is 13.6. The predicted octanol–water partition coefficient (Wildman–Crippen LogP) is 6.94. The number of fused-ring (bicyclic) bond motifs is 1. The summed E-state index contributed by atoms with van der Waals surface area (Å²) < 4.78 is 1.86. The zero-order chi connectivity index (χ0) is 19.7. The van der Waals surface area contributed by atoms with Crippen LogP contribution in [0.25, 0.3) is 21.2 Å². The normalized spacial score (nSPS) is 12.2. The fourth-order valence-corrected chi connectivity index (χ4v) is 4.84. The van der Waals surface area contributed by atoms with E-state index in [1.54, 1.807) is 0 Å². The highest BCUT2D eigenvalue weighted by atomic mass is 79.9. The number of aromatic hydroxyl groups is 1. The van der Waals surface area contributed by atoms with E-state index in [1.165, 1.54) is 11.3 Å². The highest BCUT2D eigenvalue weighted by Crippen LogP contribution is 2.37. The molecule has 1 aromatic heterocycles. The second kappa shape index (κ2) is 7.90. The third-order valence-electron chi connectivity index (χ3n) is 5.06. The van der Waals surface area contributed by atoms with E-state index < -0.39 is 0 Å². The summed E-state index contributed by atoms with van der Waals surface area (Å²) in [6.45, 7) is 2.05. The summed E-state index contributed by atoms with van der Waals surface area (Å²) in [5.74, 6) is -0.132.